The molecule has 7 heteroatoms. The summed E-state index contributed by atoms with van der Waals surface area (Å²) in [6, 6.07) is 11.7. The van der Waals surface area contributed by atoms with Gasteiger partial charge in [-0.1, -0.05) is 18.2 Å². The Hall–Kier alpha value is -3.87. The zero-order valence-corrected chi connectivity index (χ0v) is 16.6. The third-order valence-electron chi connectivity index (χ3n) is 5.55. The van der Waals surface area contributed by atoms with Crippen molar-refractivity contribution in [3.8, 4) is 5.69 Å². The molecule has 0 bridgehead atoms. The quantitative estimate of drug-likeness (QED) is 0.471. The maximum absolute atomic E-state index is 14.4. The molecule has 0 saturated carbocycles. The first-order valence-corrected chi connectivity index (χ1v) is 9.47. The first kappa shape index (κ1) is 18.2. The number of amides is 2. The summed E-state index contributed by atoms with van der Waals surface area (Å²) in [5, 5.41) is 4.87. The number of rotatable bonds is 2. The van der Waals surface area contributed by atoms with E-state index in [9.17, 15) is 14.0 Å². The first-order valence-electron chi connectivity index (χ1n) is 9.47. The molecular formula is C23H17FN4O2. The molecule has 5 rings (SSSR count). The summed E-state index contributed by atoms with van der Waals surface area (Å²) in [5.74, 6) is -1.31. The van der Waals surface area contributed by atoms with Gasteiger partial charge >= 0.3 is 0 Å². The van der Waals surface area contributed by atoms with Gasteiger partial charge < -0.3 is 0 Å². The number of anilines is 1. The molecule has 6 nitrogen and oxygen atoms in total. The number of hydrogen-bond donors (Lipinski definition) is 0. The van der Waals surface area contributed by atoms with Crippen molar-refractivity contribution in [2.75, 3.05) is 4.90 Å². The van der Waals surface area contributed by atoms with Crippen LogP contribution in [0.4, 0.5) is 10.1 Å². The fourth-order valence-electron chi connectivity index (χ4n) is 3.85. The van der Waals surface area contributed by atoms with Crippen LogP contribution in [-0.4, -0.2) is 26.6 Å². The Morgan fingerprint density at radius 1 is 0.933 bits per heavy atom. The Morgan fingerprint density at radius 3 is 2.43 bits per heavy atom. The second-order valence-electron chi connectivity index (χ2n) is 7.41. The van der Waals surface area contributed by atoms with Crippen LogP contribution in [0.5, 0.6) is 0 Å². The monoisotopic (exact) mass is 400 g/mol. The minimum absolute atomic E-state index is 0.224. The summed E-state index contributed by atoms with van der Waals surface area (Å²) in [6.45, 7) is 5.62. The van der Waals surface area contributed by atoms with Crippen LogP contribution in [0.25, 0.3) is 16.7 Å². The fourth-order valence-corrected chi connectivity index (χ4v) is 3.85. The number of carbonyl (C=O) groups is 2. The minimum Gasteiger partial charge on any atom is -0.268 e. The number of pyridine rings is 1. The fraction of sp³-hybridized carbons (Fsp3) is 0.130. The van der Waals surface area contributed by atoms with Gasteiger partial charge in [-0.2, -0.15) is 5.10 Å². The van der Waals surface area contributed by atoms with Crippen molar-refractivity contribution >= 4 is 28.5 Å². The van der Waals surface area contributed by atoms with Crippen LogP contribution in [-0.2, 0) is 0 Å². The molecule has 0 radical (unpaired) electrons. The summed E-state index contributed by atoms with van der Waals surface area (Å²) in [6.07, 6.45) is 1.37. The van der Waals surface area contributed by atoms with E-state index in [1.165, 1.54) is 16.9 Å². The zero-order valence-electron chi connectivity index (χ0n) is 16.6. The third kappa shape index (κ3) is 2.41. The molecule has 0 N–H and O–H groups in total. The van der Waals surface area contributed by atoms with E-state index >= 15 is 0 Å². The number of halogens is 1. The predicted octanol–water partition coefficient (Wildman–Crippen LogP) is 4.29. The number of aromatic nitrogens is 3. The highest BCUT2D eigenvalue weighted by atomic mass is 19.1. The highest BCUT2D eigenvalue weighted by Gasteiger charge is 2.40. The highest BCUT2D eigenvalue weighted by molar-refractivity contribution is 6.37. The second kappa shape index (κ2) is 6.32. The van der Waals surface area contributed by atoms with Crippen LogP contribution in [0.15, 0.2) is 48.7 Å². The molecule has 148 valence electrons. The summed E-state index contributed by atoms with van der Waals surface area (Å²) in [7, 11) is 0. The molecule has 0 atom stereocenters. The molecule has 4 aromatic rings. The molecule has 2 aromatic carbocycles. The Bertz CT molecular complexity index is 1390. The Morgan fingerprint density at radius 2 is 1.70 bits per heavy atom. The van der Waals surface area contributed by atoms with Gasteiger partial charge in [0.15, 0.2) is 5.65 Å². The Kier molecular flexibility index (Phi) is 3.83. The van der Waals surface area contributed by atoms with Crippen molar-refractivity contribution in [1.82, 2.24) is 14.8 Å². The number of fused-ring (bicyclic) bond motifs is 3. The molecule has 0 saturated heterocycles. The summed E-state index contributed by atoms with van der Waals surface area (Å²) in [4.78, 5) is 32.0. The second-order valence-corrected chi connectivity index (χ2v) is 7.41. The van der Waals surface area contributed by atoms with Crippen LogP contribution < -0.4 is 4.90 Å². The lowest BCUT2D eigenvalue weighted by atomic mass is 10.1. The predicted molar refractivity (Wildman–Crippen MR) is 111 cm³/mol. The molecule has 3 heterocycles. The van der Waals surface area contributed by atoms with Crippen LogP contribution in [0, 0.1) is 26.6 Å². The number of benzene rings is 2. The maximum Gasteiger partial charge on any atom is 0.267 e. The smallest absolute Gasteiger partial charge is 0.267 e. The van der Waals surface area contributed by atoms with E-state index in [-0.39, 0.29) is 16.8 Å². The van der Waals surface area contributed by atoms with Crippen molar-refractivity contribution in [2.45, 2.75) is 20.8 Å². The van der Waals surface area contributed by atoms with E-state index in [2.05, 4.69) is 10.1 Å². The molecule has 1 aliphatic rings. The van der Waals surface area contributed by atoms with E-state index in [0.29, 0.717) is 22.4 Å². The van der Waals surface area contributed by atoms with Crippen LogP contribution in [0.1, 0.15) is 37.5 Å². The number of aryl methyl sites for hydroxylation is 3. The molecule has 30 heavy (non-hydrogen) atoms. The van der Waals surface area contributed by atoms with Gasteiger partial charge in [-0.05, 0) is 56.2 Å². The van der Waals surface area contributed by atoms with E-state index in [1.807, 2.05) is 26.0 Å². The largest absolute Gasteiger partial charge is 0.268 e. The lowest BCUT2D eigenvalue weighted by Gasteiger charge is -2.15. The Labute approximate surface area is 171 Å². The van der Waals surface area contributed by atoms with Crippen LogP contribution >= 0.6 is 0 Å². The van der Waals surface area contributed by atoms with Crippen molar-refractivity contribution in [3.63, 3.8) is 0 Å². The van der Waals surface area contributed by atoms with Gasteiger partial charge in [-0.15, -0.1) is 0 Å². The average molecular weight is 400 g/mol. The minimum atomic E-state index is -0.455. The standard InChI is InChI=1S/C23H17FN4O2/c1-12-8-9-15(10-13(12)2)27-22(29)16-11-25-21-19(20(16)23(27)30)14(3)26-28(21)18-7-5-4-6-17(18)24/h4-11H,1-3H3. The first-order chi connectivity index (χ1) is 14.4. The van der Waals surface area contributed by atoms with Gasteiger partial charge in [0.2, 0.25) is 0 Å². The van der Waals surface area contributed by atoms with Gasteiger partial charge in [0.25, 0.3) is 11.8 Å². The van der Waals surface area contributed by atoms with Crippen LogP contribution in [0.3, 0.4) is 0 Å². The van der Waals surface area contributed by atoms with Gasteiger partial charge in [0.05, 0.1) is 27.9 Å². The zero-order chi connectivity index (χ0) is 21.2. The van der Waals surface area contributed by atoms with Gasteiger partial charge in [-0.25, -0.2) is 19.0 Å². The topological polar surface area (TPSA) is 68.1 Å². The van der Waals surface area contributed by atoms with Crippen LogP contribution in [0.2, 0.25) is 0 Å². The van der Waals surface area contributed by atoms with E-state index in [1.54, 1.807) is 31.2 Å². The van der Waals surface area contributed by atoms with Crippen molar-refractivity contribution < 1.29 is 14.0 Å². The molecule has 0 aliphatic carbocycles. The molecule has 0 fully saturated rings. The van der Waals surface area contributed by atoms with Gasteiger partial charge in [0, 0.05) is 6.20 Å². The third-order valence-corrected chi connectivity index (χ3v) is 5.55. The lowest BCUT2D eigenvalue weighted by molar-refractivity contribution is 0.0926. The van der Waals surface area contributed by atoms with Gasteiger partial charge in [0.1, 0.15) is 11.5 Å². The van der Waals surface area contributed by atoms with Crippen molar-refractivity contribution in [1.29, 1.82) is 0 Å². The molecular weight excluding hydrogens is 383 g/mol. The lowest BCUT2D eigenvalue weighted by Crippen LogP contribution is -2.29. The summed E-state index contributed by atoms with van der Waals surface area (Å²) >= 11 is 0. The molecule has 1 aliphatic heterocycles. The molecule has 0 unspecified atom stereocenters. The van der Waals surface area contributed by atoms with Crippen molar-refractivity contribution in [2.24, 2.45) is 0 Å². The van der Waals surface area contributed by atoms with Gasteiger partial charge in [-0.3, -0.25) is 9.59 Å². The number of carbonyl (C=O) groups excluding carboxylic acids is 2. The number of para-hydroxylation sites is 1. The van der Waals surface area contributed by atoms with E-state index in [4.69, 9.17) is 0 Å². The summed E-state index contributed by atoms with van der Waals surface area (Å²) in [5.41, 5.74) is 4.10. The SMILES string of the molecule is Cc1ccc(N2C(=O)c3cnc4c(c(C)nn4-c4ccccc4F)c3C2=O)cc1C. The molecule has 0 spiro atoms. The molecule has 2 amide bonds. The highest BCUT2D eigenvalue weighted by Crippen LogP contribution is 2.35. The number of hydrogen-bond acceptors (Lipinski definition) is 4. The van der Waals surface area contributed by atoms with E-state index < -0.39 is 17.6 Å². The normalized spacial score (nSPS) is 13.4. The molecule has 2 aromatic heterocycles. The Balaban J connectivity index is 1.72. The number of imide groups is 1. The maximum atomic E-state index is 14.4. The van der Waals surface area contributed by atoms with E-state index in [0.717, 1.165) is 16.0 Å². The average Bonchev–Trinajstić information content (AvgIpc) is 3.19. The summed E-state index contributed by atoms with van der Waals surface area (Å²) < 4.78 is 15.7. The number of nitrogens with zero attached hydrogens (tertiary/aromatic N) is 4. The van der Waals surface area contributed by atoms with Crippen molar-refractivity contribution in [3.05, 3.63) is 82.4 Å².